The molecule has 2 aliphatic heterocycles. The van der Waals surface area contributed by atoms with Gasteiger partial charge in [-0.3, -0.25) is 9.69 Å². The monoisotopic (exact) mass is 197 g/mol. The summed E-state index contributed by atoms with van der Waals surface area (Å²) >= 11 is 0. The molecule has 0 aromatic carbocycles. The molecule has 0 aliphatic carbocycles. The van der Waals surface area contributed by atoms with Crippen LogP contribution in [0.1, 0.15) is 25.7 Å². The number of piperidine rings is 1. The summed E-state index contributed by atoms with van der Waals surface area (Å²) in [7, 11) is 0. The van der Waals surface area contributed by atoms with E-state index in [9.17, 15) is 4.79 Å². The molecule has 0 saturated carbocycles. The lowest BCUT2D eigenvalue weighted by atomic mass is 10.0. The summed E-state index contributed by atoms with van der Waals surface area (Å²) in [4.78, 5) is 13.5. The van der Waals surface area contributed by atoms with Crippen molar-refractivity contribution in [1.29, 1.82) is 0 Å². The molecule has 2 rings (SSSR count). The average Bonchev–Trinajstić information content (AvgIpc) is 2.67. The average molecular weight is 197 g/mol. The van der Waals surface area contributed by atoms with Crippen molar-refractivity contribution in [2.75, 3.05) is 19.6 Å². The first-order chi connectivity index (χ1) is 6.79. The second-order valence-electron chi connectivity index (χ2n) is 4.30. The van der Waals surface area contributed by atoms with E-state index in [0.717, 1.165) is 32.5 Å². The van der Waals surface area contributed by atoms with Crippen molar-refractivity contribution >= 4 is 5.91 Å². The van der Waals surface area contributed by atoms with Crippen LogP contribution in [0.2, 0.25) is 0 Å². The summed E-state index contributed by atoms with van der Waals surface area (Å²) in [5, 5.41) is 3.38. The Labute approximate surface area is 84.8 Å². The number of nitrogens with two attached hydrogens (primary N) is 1. The third-order valence-electron chi connectivity index (χ3n) is 3.36. The molecule has 2 aliphatic rings. The highest BCUT2D eigenvalue weighted by Gasteiger charge is 2.34. The van der Waals surface area contributed by atoms with E-state index < -0.39 is 0 Å². The van der Waals surface area contributed by atoms with Gasteiger partial charge < -0.3 is 11.1 Å². The molecular weight excluding hydrogens is 178 g/mol. The number of amides is 1. The van der Waals surface area contributed by atoms with Crippen molar-refractivity contribution in [3.05, 3.63) is 0 Å². The maximum atomic E-state index is 11.2. The molecule has 0 aromatic rings. The van der Waals surface area contributed by atoms with Crippen LogP contribution < -0.4 is 11.1 Å². The second-order valence-corrected chi connectivity index (χ2v) is 4.30. The smallest absolute Gasteiger partial charge is 0.234 e. The summed E-state index contributed by atoms with van der Waals surface area (Å²) < 4.78 is 0. The fourth-order valence-electron chi connectivity index (χ4n) is 2.65. The molecule has 0 radical (unpaired) electrons. The lowest BCUT2D eigenvalue weighted by Gasteiger charge is -2.34. The van der Waals surface area contributed by atoms with Crippen LogP contribution in [-0.4, -0.2) is 42.5 Å². The van der Waals surface area contributed by atoms with Gasteiger partial charge in [0.1, 0.15) is 0 Å². The zero-order valence-corrected chi connectivity index (χ0v) is 8.54. The topological polar surface area (TPSA) is 58.4 Å². The number of nitrogens with one attached hydrogen (secondary N) is 1. The van der Waals surface area contributed by atoms with Gasteiger partial charge in [0.25, 0.3) is 0 Å². The number of hydrogen-bond donors (Lipinski definition) is 2. The normalized spacial score (nSPS) is 34.6. The highest BCUT2D eigenvalue weighted by atomic mass is 16.1. The molecule has 0 bridgehead atoms. The van der Waals surface area contributed by atoms with Crippen LogP contribution in [-0.2, 0) is 4.79 Å². The largest absolute Gasteiger partial charge is 0.368 e. The fourth-order valence-corrected chi connectivity index (χ4v) is 2.65. The molecule has 2 saturated heterocycles. The van der Waals surface area contributed by atoms with Crippen LogP contribution in [0.3, 0.4) is 0 Å². The van der Waals surface area contributed by atoms with Gasteiger partial charge >= 0.3 is 0 Å². The molecule has 3 N–H and O–H groups in total. The van der Waals surface area contributed by atoms with E-state index in [1.54, 1.807) is 0 Å². The minimum absolute atomic E-state index is 0.0000926. The van der Waals surface area contributed by atoms with Crippen molar-refractivity contribution in [3.8, 4) is 0 Å². The van der Waals surface area contributed by atoms with Crippen LogP contribution in [0.4, 0.5) is 0 Å². The van der Waals surface area contributed by atoms with Crippen molar-refractivity contribution in [2.45, 2.75) is 37.8 Å². The number of rotatable bonds is 2. The van der Waals surface area contributed by atoms with Crippen molar-refractivity contribution in [1.82, 2.24) is 10.2 Å². The Morgan fingerprint density at radius 1 is 1.36 bits per heavy atom. The molecule has 2 fully saturated rings. The number of nitrogens with zero attached hydrogens (tertiary/aromatic N) is 1. The fraction of sp³-hybridized carbons (Fsp3) is 0.900. The Morgan fingerprint density at radius 2 is 2.21 bits per heavy atom. The minimum atomic E-state index is -0.145. The van der Waals surface area contributed by atoms with E-state index in [-0.39, 0.29) is 11.9 Å². The van der Waals surface area contributed by atoms with Crippen LogP contribution in [0.5, 0.6) is 0 Å². The SMILES string of the molecule is NC(=O)C1CCCN1C1CCCNC1. The molecule has 4 nitrogen and oxygen atoms in total. The molecule has 0 spiro atoms. The molecule has 1 amide bonds. The third-order valence-corrected chi connectivity index (χ3v) is 3.36. The van der Waals surface area contributed by atoms with Crippen LogP contribution in [0.15, 0.2) is 0 Å². The first-order valence-corrected chi connectivity index (χ1v) is 5.55. The van der Waals surface area contributed by atoms with Crippen LogP contribution >= 0.6 is 0 Å². The molecule has 2 atom stereocenters. The van der Waals surface area contributed by atoms with E-state index >= 15 is 0 Å². The number of carbonyl (C=O) groups is 1. The lowest BCUT2D eigenvalue weighted by Crippen LogP contribution is -2.51. The number of carbonyl (C=O) groups excluding carboxylic acids is 1. The molecule has 4 heteroatoms. The van der Waals surface area contributed by atoms with Crippen molar-refractivity contribution < 1.29 is 4.79 Å². The molecule has 14 heavy (non-hydrogen) atoms. The Bertz CT molecular complexity index is 213. The maximum absolute atomic E-state index is 11.2. The van der Waals surface area contributed by atoms with Gasteiger partial charge in [0.05, 0.1) is 6.04 Å². The summed E-state index contributed by atoms with van der Waals surface area (Å²) in [6.45, 7) is 3.18. The maximum Gasteiger partial charge on any atom is 0.234 e. The molecule has 80 valence electrons. The predicted molar refractivity (Wildman–Crippen MR) is 54.8 cm³/mol. The van der Waals surface area contributed by atoms with E-state index in [4.69, 9.17) is 5.73 Å². The van der Waals surface area contributed by atoms with Gasteiger partial charge in [-0.15, -0.1) is 0 Å². The highest BCUT2D eigenvalue weighted by Crippen LogP contribution is 2.22. The van der Waals surface area contributed by atoms with Gasteiger partial charge in [0.2, 0.25) is 5.91 Å². The first-order valence-electron chi connectivity index (χ1n) is 5.55. The van der Waals surface area contributed by atoms with E-state index in [1.807, 2.05) is 0 Å². The van der Waals surface area contributed by atoms with Gasteiger partial charge in [0, 0.05) is 12.6 Å². The van der Waals surface area contributed by atoms with Gasteiger partial charge in [-0.1, -0.05) is 0 Å². The second kappa shape index (κ2) is 4.28. The van der Waals surface area contributed by atoms with E-state index in [0.29, 0.717) is 6.04 Å². The van der Waals surface area contributed by atoms with Crippen molar-refractivity contribution in [2.24, 2.45) is 5.73 Å². The van der Waals surface area contributed by atoms with Gasteiger partial charge in [-0.2, -0.15) is 0 Å². The van der Waals surface area contributed by atoms with E-state index in [1.165, 1.54) is 12.8 Å². The molecule has 0 aromatic heterocycles. The first kappa shape index (κ1) is 9.93. The van der Waals surface area contributed by atoms with Crippen LogP contribution in [0, 0.1) is 0 Å². The van der Waals surface area contributed by atoms with Crippen molar-refractivity contribution in [3.63, 3.8) is 0 Å². The Morgan fingerprint density at radius 3 is 2.86 bits per heavy atom. The Balaban J connectivity index is 1.97. The highest BCUT2D eigenvalue weighted by molar-refractivity contribution is 5.80. The van der Waals surface area contributed by atoms with Gasteiger partial charge in [-0.25, -0.2) is 0 Å². The predicted octanol–water partition coefficient (Wildman–Crippen LogP) is -0.312. The number of likely N-dealkylation sites (tertiary alicyclic amines) is 1. The summed E-state index contributed by atoms with van der Waals surface area (Å²) in [5.74, 6) is -0.145. The zero-order chi connectivity index (χ0) is 9.97. The lowest BCUT2D eigenvalue weighted by molar-refractivity contribution is -0.123. The molecule has 2 unspecified atom stereocenters. The molecular formula is C10H19N3O. The summed E-state index contributed by atoms with van der Waals surface area (Å²) in [6.07, 6.45) is 4.49. The molecule has 2 heterocycles. The van der Waals surface area contributed by atoms with E-state index in [2.05, 4.69) is 10.2 Å². The Kier molecular flexibility index (Phi) is 3.03. The number of hydrogen-bond acceptors (Lipinski definition) is 3. The van der Waals surface area contributed by atoms with Gasteiger partial charge in [0.15, 0.2) is 0 Å². The Hall–Kier alpha value is -0.610. The summed E-state index contributed by atoms with van der Waals surface area (Å²) in [6, 6.07) is 0.531. The quantitative estimate of drug-likeness (QED) is 0.638. The number of primary amides is 1. The minimum Gasteiger partial charge on any atom is -0.368 e. The van der Waals surface area contributed by atoms with Gasteiger partial charge in [-0.05, 0) is 38.8 Å². The zero-order valence-electron chi connectivity index (χ0n) is 8.54. The third kappa shape index (κ3) is 1.91. The van der Waals surface area contributed by atoms with Crippen LogP contribution in [0.25, 0.3) is 0 Å². The standard InChI is InChI=1S/C10H19N3O/c11-10(14)9-4-2-6-13(9)8-3-1-5-12-7-8/h8-9,12H,1-7H2,(H2,11,14). The summed E-state index contributed by atoms with van der Waals surface area (Å²) in [5.41, 5.74) is 5.39.